The van der Waals surface area contributed by atoms with Crippen molar-refractivity contribution in [1.82, 2.24) is 0 Å². The van der Waals surface area contributed by atoms with Gasteiger partial charge in [0.05, 0.1) is 0 Å². The lowest BCUT2D eigenvalue weighted by Crippen LogP contribution is -2.22. The van der Waals surface area contributed by atoms with Crippen molar-refractivity contribution in [2.24, 2.45) is 0 Å². The molecule has 1 nitrogen and oxygen atoms in total. The number of hydrogen-bond donors (Lipinski definition) is 1. The Hall–Kier alpha value is -1.68. The van der Waals surface area contributed by atoms with E-state index in [0.29, 0.717) is 0 Å². The number of nitrogen functional groups attached to an aromatic ring is 1. The highest BCUT2D eigenvalue weighted by Gasteiger charge is 2.32. The van der Waals surface area contributed by atoms with Crippen LogP contribution in [0.25, 0.3) is 0 Å². The van der Waals surface area contributed by atoms with Gasteiger partial charge in [0.1, 0.15) is 0 Å². The fourth-order valence-corrected chi connectivity index (χ4v) is 12.6. The van der Waals surface area contributed by atoms with Gasteiger partial charge in [-0.2, -0.15) is 0 Å². The maximum absolute atomic E-state index is 6.80. The van der Waals surface area contributed by atoms with E-state index in [0.717, 1.165) is 23.2 Å². The van der Waals surface area contributed by atoms with Crippen LogP contribution >= 0.6 is 15.8 Å². The third kappa shape index (κ3) is 6.37. The summed E-state index contributed by atoms with van der Waals surface area (Å²) < 4.78 is 0. The minimum atomic E-state index is -0.458. The SMILES string of the molecule is Nc1cccc(CP(c2ccccc2)c2ccccc2)c1CP(C1CCCCC1)C1CCCCC1. The Morgan fingerprint density at radius 1 is 0.571 bits per heavy atom. The first kappa shape index (κ1) is 25.0. The average Bonchev–Trinajstić information content (AvgIpc) is 2.93. The molecule has 0 heterocycles. The van der Waals surface area contributed by atoms with Gasteiger partial charge in [-0.3, -0.25) is 0 Å². The average molecular weight is 502 g/mol. The van der Waals surface area contributed by atoms with Crippen molar-refractivity contribution in [2.75, 3.05) is 5.73 Å². The normalized spacial score (nSPS) is 17.8. The topological polar surface area (TPSA) is 26.0 Å². The van der Waals surface area contributed by atoms with Crippen LogP contribution < -0.4 is 16.3 Å². The Labute approximate surface area is 215 Å². The summed E-state index contributed by atoms with van der Waals surface area (Å²) >= 11 is 0. The molecule has 184 valence electrons. The van der Waals surface area contributed by atoms with Gasteiger partial charge in [-0.25, -0.2) is 0 Å². The molecule has 0 bridgehead atoms. The number of anilines is 1. The molecule has 0 spiro atoms. The van der Waals surface area contributed by atoms with Gasteiger partial charge < -0.3 is 5.73 Å². The van der Waals surface area contributed by atoms with E-state index in [1.165, 1.54) is 92.1 Å². The molecule has 3 heteroatoms. The molecule has 0 unspecified atom stereocenters. The van der Waals surface area contributed by atoms with Gasteiger partial charge in [-0.1, -0.05) is 119 Å². The third-order valence-corrected chi connectivity index (χ3v) is 14.3. The molecule has 2 N–H and O–H groups in total. The maximum atomic E-state index is 6.80. The standard InChI is InChI=1S/C32H41NP2/c33-32-23-13-14-26(24-34(27-15-5-1-6-16-27)28-17-7-2-8-18-28)31(32)25-35(29-19-9-3-10-20-29)30-21-11-4-12-22-30/h1-2,5-8,13-18,23,29-30H,3-4,9-12,19-22,24-25,33H2. The van der Waals surface area contributed by atoms with Gasteiger partial charge in [-0.05, 0) is 78.9 Å². The molecular formula is C32H41NP2. The van der Waals surface area contributed by atoms with Crippen LogP contribution in [0.1, 0.15) is 75.3 Å². The van der Waals surface area contributed by atoms with Gasteiger partial charge in [0.15, 0.2) is 0 Å². The lowest BCUT2D eigenvalue weighted by Gasteiger charge is -2.39. The second kappa shape index (κ2) is 12.5. The molecule has 2 saturated carbocycles. The molecule has 2 fully saturated rings. The van der Waals surface area contributed by atoms with E-state index >= 15 is 0 Å². The second-order valence-electron chi connectivity index (χ2n) is 10.5. The van der Waals surface area contributed by atoms with Crippen LogP contribution in [0.4, 0.5) is 5.69 Å². The monoisotopic (exact) mass is 501 g/mol. The fraction of sp³-hybridized carbons (Fsp3) is 0.438. The van der Waals surface area contributed by atoms with Crippen LogP contribution in [-0.4, -0.2) is 11.3 Å². The van der Waals surface area contributed by atoms with Crippen LogP contribution in [0, 0.1) is 0 Å². The van der Waals surface area contributed by atoms with Crippen LogP contribution in [-0.2, 0) is 12.3 Å². The highest BCUT2D eigenvalue weighted by Crippen LogP contribution is 2.58. The lowest BCUT2D eigenvalue weighted by molar-refractivity contribution is 0.484. The van der Waals surface area contributed by atoms with Crippen molar-refractivity contribution in [3.8, 4) is 0 Å². The molecule has 0 atom stereocenters. The summed E-state index contributed by atoms with van der Waals surface area (Å²) in [5.74, 6) is 0. The molecule has 2 aliphatic rings. The molecule has 5 rings (SSSR count). The predicted molar refractivity (Wildman–Crippen MR) is 158 cm³/mol. The molecular weight excluding hydrogens is 460 g/mol. The second-order valence-corrected chi connectivity index (χ2v) is 15.5. The Morgan fingerprint density at radius 2 is 1.09 bits per heavy atom. The number of benzene rings is 3. The molecule has 2 aliphatic carbocycles. The maximum Gasteiger partial charge on any atom is 0.0353 e. The van der Waals surface area contributed by atoms with E-state index in [1.54, 1.807) is 0 Å². The first-order chi connectivity index (χ1) is 17.3. The summed E-state index contributed by atoms with van der Waals surface area (Å²) in [5, 5.41) is 2.92. The van der Waals surface area contributed by atoms with Crippen LogP contribution in [0.2, 0.25) is 0 Å². The van der Waals surface area contributed by atoms with Gasteiger partial charge in [-0.15, -0.1) is 0 Å². The zero-order valence-corrected chi connectivity index (χ0v) is 22.9. The molecule has 35 heavy (non-hydrogen) atoms. The molecule has 3 aromatic carbocycles. The van der Waals surface area contributed by atoms with E-state index in [-0.39, 0.29) is 7.92 Å². The van der Waals surface area contributed by atoms with Crippen LogP contribution in [0.3, 0.4) is 0 Å². The van der Waals surface area contributed by atoms with Crippen molar-refractivity contribution in [2.45, 2.75) is 87.9 Å². The molecule has 0 radical (unpaired) electrons. The minimum absolute atomic E-state index is 0.0120. The quantitative estimate of drug-likeness (QED) is 0.243. The van der Waals surface area contributed by atoms with E-state index in [4.69, 9.17) is 5.73 Å². The van der Waals surface area contributed by atoms with Gasteiger partial charge in [0, 0.05) is 11.8 Å². The summed E-state index contributed by atoms with van der Waals surface area (Å²) in [5.41, 5.74) is 12.8. The lowest BCUT2D eigenvalue weighted by atomic mass is 9.99. The van der Waals surface area contributed by atoms with Crippen molar-refractivity contribution < 1.29 is 0 Å². The first-order valence-electron chi connectivity index (χ1n) is 13.8. The summed E-state index contributed by atoms with van der Waals surface area (Å²) in [4.78, 5) is 0. The molecule has 0 aliphatic heterocycles. The zero-order chi connectivity index (χ0) is 23.9. The van der Waals surface area contributed by atoms with Crippen molar-refractivity contribution in [3.05, 3.63) is 90.0 Å². The Balaban J connectivity index is 1.47. The van der Waals surface area contributed by atoms with Gasteiger partial charge >= 0.3 is 0 Å². The van der Waals surface area contributed by atoms with E-state index in [9.17, 15) is 0 Å². The van der Waals surface area contributed by atoms with Crippen molar-refractivity contribution in [3.63, 3.8) is 0 Å². The first-order valence-corrected chi connectivity index (χ1v) is 17.0. The van der Waals surface area contributed by atoms with Crippen LogP contribution in [0.5, 0.6) is 0 Å². The van der Waals surface area contributed by atoms with Crippen LogP contribution in [0.15, 0.2) is 78.9 Å². The zero-order valence-electron chi connectivity index (χ0n) is 21.1. The highest BCUT2D eigenvalue weighted by atomic mass is 31.1. The summed E-state index contributed by atoms with van der Waals surface area (Å²) in [6.07, 6.45) is 16.9. The largest absolute Gasteiger partial charge is 0.398 e. The predicted octanol–water partition coefficient (Wildman–Crippen LogP) is 8.55. The van der Waals surface area contributed by atoms with Crippen molar-refractivity contribution >= 4 is 32.1 Å². The summed E-state index contributed by atoms with van der Waals surface area (Å²) in [6.45, 7) is 0. The van der Waals surface area contributed by atoms with Gasteiger partial charge in [0.2, 0.25) is 0 Å². The van der Waals surface area contributed by atoms with E-state index in [2.05, 4.69) is 78.9 Å². The Kier molecular flexibility index (Phi) is 8.94. The number of nitrogens with two attached hydrogens (primary N) is 1. The smallest absolute Gasteiger partial charge is 0.0353 e. The Morgan fingerprint density at radius 3 is 1.60 bits per heavy atom. The van der Waals surface area contributed by atoms with E-state index < -0.39 is 7.92 Å². The number of rotatable bonds is 8. The van der Waals surface area contributed by atoms with Gasteiger partial charge in [0.25, 0.3) is 0 Å². The number of hydrogen-bond acceptors (Lipinski definition) is 1. The molecule has 0 aromatic heterocycles. The Bertz CT molecular complexity index is 982. The highest BCUT2D eigenvalue weighted by molar-refractivity contribution is 7.72. The molecule has 3 aromatic rings. The minimum Gasteiger partial charge on any atom is -0.398 e. The van der Waals surface area contributed by atoms with Crippen molar-refractivity contribution in [1.29, 1.82) is 0 Å². The summed E-state index contributed by atoms with van der Waals surface area (Å²) in [7, 11) is -0.470. The molecule has 0 amide bonds. The fourth-order valence-electron chi connectivity index (χ4n) is 6.28. The van der Waals surface area contributed by atoms with E-state index in [1.807, 2.05) is 0 Å². The summed E-state index contributed by atoms with van der Waals surface area (Å²) in [6, 6.07) is 29.1. The third-order valence-electron chi connectivity index (χ3n) is 8.20. The molecule has 0 saturated heterocycles.